The van der Waals surface area contributed by atoms with Crippen molar-refractivity contribution in [1.29, 1.82) is 0 Å². The molecule has 0 unspecified atom stereocenters. The van der Waals surface area contributed by atoms with Gasteiger partial charge in [0.2, 0.25) is 0 Å². The summed E-state index contributed by atoms with van der Waals surface area (Å²) in [6, 6.07) is 21.5. The number of thiophene rings is 1. The second-order valence-electron chi connectivity index (χ2n) is 11.4. The third-order valence-corrected chi connectivity index (χ3v) is 7.71. The molecular weight excluding hydrogens is 482 g/mol. The zero-order valence-electron chi connectivity index (χ0n) is 26.3. The highest BCUT2D eigenvalue weighted by atomic mass is 32.1. The Kier molecular flexibility index (Phi) is 14.5. The smallest absolute Gasteiger partial charge is 0.106 e. The fourth-order valence-electron chi connectivity index (χ4n) is 3.69. The highest BCUT2D eigenvalue weighted by molar-refractivity contribution is 7.12. The first-order valence-corrected chi connectivity index (χ1v) is 14.9. The fourth-order valence-corrected chi connectivity index (χ4v) is 4.57. The average molecular weight is 536 g/mol. The first kappa shape index (κ1) is 33.5. The zero-order chi connectivity index (χ0) is 29.0. The predicted molar refractivity (Wildman–Crippen MR) is 170 cm³/mol. The molecule has 4 rings (SSSR count). The van der Waals surface area contributed by atoms with Gasteiger partial charge in [0.25, 0.3) is 0 Å². The SMILES string of the molecule is Cc1ccc(C(C)C)cc1.Cc1ccc(C(C)C)n1C.Cc1ccc(C(C)C)o1.Cc1ccc(C(C)C)s1. The van der Waals surface area contributed by atoms with Crippen LogP contribution in [0.3, 0.4) is 0 Å². The molecule has 3 heterocycles. The topological polar surface area (TPSA) is 18.1 Å². The molecule has 0 saturated heterocycles. The Labute approximate surface area is 238 Å². The fraction of sp³-hybridized carbons (Fsp3) is 0.486. The van der Waals surface area contributed by atoms with Crippen LogP contribution in [0.4, 0.5) is 0 Å². The Balaban J connectivity index is 0.000000254. The standard InChI is InChI=1S/C10H14.C9H15N.C8H12O.C8H12S/c1-8(2)10-6-4-9(3)5-7-10;1-7(2)9-6-5-8(3)10(9)4;2*1-6(2)8-5-4-7(3)9-8/h4-8H,1-3H3;5-7H,1-4H3;2*4-6H,1-3H3. The van der Waals surface area contributed by atoms with Gasteiger partial charge >= 0.3 is 0 Å². The van der Waals surface area contributed by atoms with Crippen molar-refractivity contribution in [3.05, 3.63) is 104 Å². The van der Waals surface area contributed by atoms with E-state index in [4.69, 9.17) is 4.42 Å². The van der Waals surface area contributed by atoms with Crippen molar-refractivity contribution < 1.29 is 4.42 Å². The van der Waals surface area contributed by atoms with E-state index in [0.717, 1.165) is 11.5 Å². The number of aryl methyl sites for hydroxylation is 4. The zero-order valence-corrected chi connectivity index (χ0v) is 27.2. The molecule has 0 radical (unpaired) electrons. The van der Waals surface area contributed by atoms with Crippen LogP contribution >= 0.6 is 11.3 Å². The monoisotopic (exact) mass is 535 g/mol. The molecule has 0 N–H and O–H groups in total. The maximum atomic E-state index is 5.34. The predicted octanol–water partition coefficient (Wildman–Crippen LogP) is 11.5. The molecule has 0 atom stereocenters. The van der Waals surface area contributed by atoms with E-state index in [9.17, 15) is 0 Å². The Hall–Kier alpha value is -2.52. The highest BCUT2D eigenvalue weighted by Crippen LogP contribution is 2.23. The lowest BCUT2D eigenvalue weighted by Crippen LogP contribution is -1.99. The van der Waals surface area contributed by atoms with E-state index in [0.29, 0.717) is 23.7 Å². The maximum Gasteiger partial charge on any atom is 0.106 e. The van der Waals surface area contributed by atoms with Crippen LogP contribution in [0.15, 0.2) is 65.1 Å². The van der Waals surface area contributed by atoms with Crippen LogP contribution in [-0.2, 0) is 7.05 Å². The van der Waals surface area contributed by atoms with Crippen LogP contribution in [0, 0.1) is 27.7 Å². The maximum absolute atomic E-state index is 5.34. The molecule has 2 nitrogen and oxygen atoms in total. The van der Waals surface area contributed by atoms with Crippen LogP contribution in [0.2, 0.25) is 0 Å². The van der Waals surface area contributed by atoms with Gasteiger partial charge < -0.3 is 8.98 Å². The van der Waals surface area contributed by atoms with Crippen LogP contribution in [0.5, 0.6) is 0 Å². The Bertz CT molecular complexity index is 1120. The van der Waals surface area contributed by atoms with Gasteiger partial charge in [-0.2, -0.15) is 0 Å². The molecule has 0 aliphatic rings. The summed E-state index contributed by atoms with van der Waals surface area (Å²) in [6.07, 6.45) is 0. The van der Waals surface area contributed by atoms with E-state index in [1.54, 1.807) is 0 Å². The number of hydrogen-bond acceptors (Lipinski definition) is 2. The third-order valence-electron chi connectivity index (χ3n) is 6.41. The molecule has 1 aromatic carbocycles. The lowest BCUT2D eigenvalue weighted by atomic mass is 10.0. The van der Waals surface area contributed by atoms with Crippen molar-refractivity contribution in [3.8, 4) is 0 Å². The molecule has 0 saturated carbocycles. The molecule has 0 aliphatic heterocycles. The van der Waals surface area contributed by atoms with Gasteiger partial charge in [-0.05, 0) is 87.4 Å². The molecule has 4 aromatic rings. The Morgan fingerprint density at radius 1 is 0.605 bits per heavy atom. The molecule has 0 fully saturated rings. The average Bonchev–Trinajstić information content (AvgIpc) is 3.56. The van der Waals surface area contributed by atoms with Crippen LogP contribution in [0.25, 0.3) is 0 Å². The number of benzene rings is 1. The van der Waals surface area contributed by atoms with Gasteiger partial charge in [0.05, 0.1) is 0 Å². The van der Waals surface area contributed by atoms with E-state index in [1.807, 2.05) is 30.4 Å². The number of furan rings is 1. The normalized spacial score (nSPS) is 10.7. The second-order valence-corrected chi connectivity index (χ2v) is 12.7. The lowest BCUT2D eigenvalue weighted by Gasteiger charge is -2.07. The minimum Gasteiger partial charge on any atom is -0.466 e. The minimum absolute atomic E-state index is 0.513. The molecular formula is C35H53NOS. The van der Waals surface area contributed by atoms with Gasteiger partial charge in [0.15, 0.2) is 0 Å². The summed E-state index contributed by atoms with van der Waals surface area (Å²) in [4.78, 5) is 2.91. The Morgan fingerprint density at radius 2 is 1.21 bits per heavy atom. The van der Waals surface area contributed by atoms with Gasteiger partial charge in [0, 0.05) is 34.1 Å². The van der Waals surface area contributed by atoms with Crippen LogP contribution in [-0.4, -0.2) is 4.57 Å². The Morgan fingerprint density at radius 3 is 1.47 bits per heavy atom. The molecule has 3 heteroatoms. The summed E-state index contributed by atoms with van der Waals surface area (Å²) in [5.41, 5.74) is 5.51. The summed E-state index contributed by atoms with van der Waals surface area (Å²) in [7, 11) is 2.12. The summed E-state index contributed by atoms with van der Waals surface area (Å²) < 4.78 is 7.59. The summed E-state index contributed by atoms with van der Waals surface area (Å²) in [6.45, 7) is 25.9. The van der Waals surface area contributed by atoms with E-state index in [2.05, 4.69) is 136 Å². The highest BCUT2D eigenvalue weighted by Gasteiger charge is 2.04. The lowest BCUT2D eigenvalue weighted by molar-refractivity contribution is 0.463. The van der Waals surface area contributed by atoms with Gasteiger partial charge in [0.1, 0.15) is 11.5 Å². The molecule has 0 bridgehead atoms. The van der Waals surface area contributed by atoms with Crippen LogP contribution < -0.4 is 0 Å². The van der Waals surface area contributed by atoms with Gasteiger partial charge in [-0.3, -0.25) is 0 Å². The van der Waals surface area contributed by atoms with Crippen molar-refractivity contribution in [2.24, 2.45) is 7.05 Å². The summed E-state index contributed by atoms with van der Waals surface area (Å²) >= 11 is 1.90. The number of hydrogen-bond donors (Lipinski definition) is 0. The van der Waals surface area contributed by atoms with Gasteiger partial charge in [-0.25, -0.2) is 0 Å². The quantitative estimate of drug-likeness (QED) is 0.254. The van der Waals surface area contributed by atoms with Crippen molar-refractivity contribution in [3.63, 3.8) is 0 Å². The van der Waals surface area contributed by atoms with Crippen molar-refractivity contribution in [2.45, 2.75) is 107 Å². The summed E-state index contributed by atoms with van der Waals surface area (Å²) in [5.74, 6) is 4.58. The first-order valence-electron chi connectivity index (χ1n) is 14.0. The molecule has 210 valence electrons. The molecule has 0 spiro atoms. The third kappa shape index (κ3) is 11.9. The van der Waals surface area contributed by atoms with Crippen LogP contribution in [0.1, 0.15) is 123 Å². The van der Waals surface area contributed by atoms with E-state index in [-0.39, 0.29) is 0 Å². The van der Waals surface area contributed by atoms with E-state index in [1.165, 1.54) is 32.3 Å². The van der Waals surface area contributed by atoms with Crippen molar-refractivity contribution in [1.82, 2.24) is 4.57 Å². The second kappa shape index (κ2) is 16.4. The van der Waals surface area contributed by atoms with Crippen molar-refractivity contribution >= 4 is 11.3 Å². The van der Waals surface area contributed by atoms with E-state index < -0.39 is 0 Å². The number of aromatic nitrogens is 1. The summed E-state index contributed by atoms with van der Waals surface area (Å²) in [5, 5.41) is 0. The number of rotatable bonds is 4. The minimum atomic E-state index is 0.513. The molecule has 38 heavy (non-hydrogen) atoms. The molecule has 0 aliphatic carbocycles. The first-order chi connectivity index (χ1) is 17.7. The number of nitrogens with zero attached hydrogens (tertiary/aromatic N) is 1. The molecule has 0 amide bonds. The largest absolute Gasteiger partial charge is 0.466 e. The van der Waals surface area contributed by atoms with Gasteiger partial charge in [-0.15, -0.1) is 11.3 Å². The molecule has 3 aromatic heterocycles. The van der Waals surface area contributed by atoms with Crippen molar-refractivity contribution in [2.75, 3.05) is 0 Å². The van der Waals surface area contributed by atoms with Gasteiger partial charge in [-0.1, -0.05) is 85.2 Å². The van der Waals surface area contributed by atoms with E-state index >= 15 is 0 Å².